The Hall–Kier alpha value is -3.94. The number of nitrogens with zero attached hydrogens (tertiary/aromatic N) is 2. The Morgan fingerprint density at radius 1 is 1.13 bits per heavy atom. The largest absolute Gasteiger partial charge is 0.480 e. The van der Waals surface area contributed by atoms with Gasteiger partial charge in [0.1, 0.15) is 17.7 Å². The van der Waals surface area contributed by atoms with E-state index in [1.807, 2.05) is 49.4 Å². The standard InChI is InChI=1S/C30H35FN4O3/c1-3-23-18-24(31)16-20(2)28(23)29(36)34-26(30(37)38)17-21-7-9-25(10-8-21)35-14-11-22(12-15-35)19-33-27-6-4-5-13-32-27/h4-10,13,16,18,22,26H,3,11-12,14-15,17,19H2,1-2H3,(H,32,33)(H,34,36)(H,37,38)/t26-/m1/s1. The number of carboxylic acid groups (broad SMARTS) is 1. The zero-order chi connectivity index (χ0) is 27.1. The number of hydrogen-bond donors (Lipinski definition) is 3. The number of carboxylic acids is 1. The molecular formula is C30H35FN4O3. The zero-order valence-electron chi connectivity index (χ0n) is 21.9. The summed E-state index contributed by atoms with van der Waals surface area (Å²) >= 11 is 0. The van der Waals surface area contributed by atoms with Crippen LogP contribution in [-0.4, -0.2) is 47.6 Å². The van der Waals surface area contributed by atoms with E-state index in [-0.39, 0.29) is 6.42 Å². The molecule has 1 amide bonds. The van der Waals surface area contributed by atoms with Gasteiger partial charge in [0.25, 0.3) is 5.91 Å². The molecule has 38 heavy (non-hydrogen) atoms. The molecule has 0 spiro atoms. The summed E-state index contributed by atoms with van der Waals surface area (Å²) in [5.41, 5.74) is 3.32. The van der Waals surface area contributed by atoms with Crippen molar-refractivity contribution in [2.45, 2.75) is 45.6 Å². The van der Waals surface area contributed by atoms with Gasteiger partial charge in [0.2, 0.25) is 0 Å². The second kappa shape index (κ2) is 12.5. The molecule has 1 fully saturated rings. The molecule has 1 aliphatic heterocycles. The van der Waals surface area contributed by atoms with Crippen LogP contribution in [0.3, 0.4) is 0 Å². The van der Waals surface area contributed by atoms with E-state index >= 15 is 0 Å². The first-order valence-corrected chi connectivity index (χ1v) is 13.2. The quantitative estimate of drug-likeness (QED) is 0.355. The molecule has 1 saturated heterocycles. The van der Waals surface area contributed by atoms with Gasteiger partial charge in [-0.3, -0.25) is 4.79 Å². The summed E-state index contributed by atoms with van der Waals surface area (Å²) in [6.07, 6.45) is 4.58. The third-order valence-corrected chi connectivity index (χ3v) is 7.19. The van der Waals surface area contributed by atoms with E-state index in [2.05, 4.69) is 20.5 Å². The minimum absolute atomic E-state index is 0.157. The third kappa shape index (κ3) is 6.88. The van der Waals surface area contributed by atoms with E-state index < -0.39 is 23.7 Å². The lowest BCUT2D eigenvalue weighted by atomic mass is 9.96. The Kier molecular flexibility index (Phi) is 8.94. The maximum absolute atomic E-state index is 13.8. The molecule has 0 radical (unpaired) electrons. The van der Waals surface area contributed by atoms with E-state index in [0.29, 0.717) is 29.0 Å². The first kappa shape index (κ1) is 27.1. The highest BCUT2D eigenvalue weighted by atomic mass is 19.1. The predicted octanol–water partition coefficient (Wildman–Crippen LogP) is 4.85. The van der Waals surface area contributed by atoms with Crippen LogP contribution in [0.15, 0.2) is 60.8 Å². The van der Waals surface area contributed by atoms with Gasteiger partial charge in [-0.2, -0.15) is 0 Å². The molecule has 3 N–H and O–H groups in total. The van der Waals surface area contributed by atoms with Crippen molar-refractivity contribution < 1.29 is 19.1 Å². The molecule has 8 heteroatoms. The summed E-state index contributed by atoms with van der Waals surface area (Å²) in [6, 6.07) is 15.3. The lowest BCUT2D eigenvalue weighted by Gasteiger charge is -2.34. The Bertz CT molecular complexity index is 1240. The fourth-order valence-electron chi connectivity index (χ4n) is 5.04. The fourth-order valence-corrected chi connectivity index (χ4v) is 5.04. The van der Waals surface area contributed by atoms with Gasteiger partial charge < -0.3 is 20.6 Å². The van der Waals surface area contributed by atoms with Gasteiger partial charge in [-0.25, -0.2) is 14.2 Å². The maximum Gasteiger partial charge on any atom is 0.326 e. The van der Waals surface area contributed by atoms with Crippen LogP contribution in [0, 0.1) is 18.7 Å². The number of carbonyl (C=O) groups excluding carboxylic acids is 1. The molecule has 2 aromatic carbocycles. The van der Waals surface area contributed by atoms with Crippen molar-refractivity contribution in [3.63, 3.8) is 0 Å². The number of piperidine rings is 1. The number of nitrogens with one attached hydrogen (secondary N) is 2. The minimum Gasteiger partial charge on any atom is -0.480 e. The SMILES string of the molecule is CCc1cc(F)cc(C)c1C(=O)N[C@H](Cc1ccc(N2CCC(CNc3ccccn3)CC2)cc1)C(=O)O. The van der Waals surface area contributed by atoms with E-state index in [9.17, 15) is 19.1 Å². The maximum atomic E-state index is 13.8. The molecule has 0 bridgehead atoms. The summed E-state index contributed by atoms with van der Waals surface area (Å²) in [7, 11) is 0. The van der Waals surface area contributed by atoms with Crippen molar-refractivity contribution in [2.24, 2.45) is 5.92 Å². The Morgan fingerprint density at radius 3 is 2.50 bits per heavy atom. The first-order valence-electron chi connectivity index (χ1n) is 13.2. The molecule has 0 unspecified atom stereocenters. The fraction of sp³-hybridized carbons (Fsp3) is 0.367. The van der Waals surface area contributed by atoms with Gasteiger partial charge in [0.05, 0.1) is 0 Å². The first-order chi connectivity index (χ1) is 18.3. The van der Waals surface area contributed by atoms with Crippen molar-refractivity contribution in [1.82, 2.24) is 10.3 Å². The predicted molar refractivity (Wildman–Crippen MR) is 147 cm³/mol. The van der Waals surface area contributed by atoms with E-state index in [0.717, 1.165) is 49.5 Å². The number of halogens is 1. The molecule has 1 aliphatic rings. The molecule has 2 heterocycles. The average molecular weight is 519 g/mol. The molecule has 4 rings (SSSR count). The van der Waals surface area contributed by atoms with Crippen LogP contribution in [-0.2, 0) is 17.6 Å². The Morgan fingerprint density at radius 2 is 1.87 bits per heavy atom. The van der Waals surface area contributed by atoms with Crippen molar-refractivity contribution in [3.05, 3.63) is 88.9 Å². The number of rotatable bonds is 10. The third-order valence-electron chi connectivity index (χ3n) is 7.19. The number of amides is 1. The Balaban J connectivity index is 1.32. The monoisotopic (exact) mass is 518 g/mol. The lowest BCUT2D eigenvalue weighted by molar-refractivity contribution is -0.139. The molecule has 1 atom stereocenters. The molecule has 7 nitrogen and oxygen atoms in total. The normalized spacial score (nSPS) is 14.7. The smallest absolute Gasteiger partial charge is 0.326 e. The van der Waals surface area contributed by atoms with Gasteiger partial charge in [-0.1, -0.05) is 25.1 Å². The number of anilines is 2. The number of carbonyl (C=O) groups is 2. The Labute approximate surface area is 223 Å². The molecule has 0 aliphatic carbocycles. The van der Waals surface area contributed by atoms with Gasteiger partial charge in [-0.15, -0.1) is 0 Å². The summed E-state index contributed by atoms with van der Waals surface area (Å²) in [4.78, 5) is 31.6. The van der Waals surface area contributed by atoms with E-state index in [1.54, 1.807) is 13.1 Å². The van der Waals surface area contributed by atoms with Crippen molar-refractivity contribution >= 4 is 23.4 Å². The number of aryl methyl sites for hydroxylation is 2. The highest BCUT2D eigenvalue weighted by molar-refractivity contribution is 5.99. The average Bonchev–Trinajstić information content (AvgIpc) is 2.92. The van der Waals surface area contributed by atoms with Gasteiger partial charge in [0, 0.05) is 43.5 Å². The van der Waals surface area contributed by atoms with Crippen LogP contribution in [0.4, 0.5) is 15.9 Å². The summed E-state index contributed by atoms with van der Waals surface area (Å²) < 4.78 is 13.8. The summed E-state index contributed by atoms with van der Waals surface area (Å²) in [5.74, 6) is -0.521. The molecule has 1 aromatic heterocycles. The van der Waals surface area contributed by atoms with Crippen LogP contribution >= 0.6 is 0 Å². The van der Waals surface area contributed by atoms with Crippen molar-refractivity contribution in [3.8, 4) is 0 Å². The topological polar surface area (TPSA) is 94.6 Å². The van der Waals surface area contributed by atoms with Crippen LogP contribution in [0.5, 0.6) is 0 Å². The number of hydrogen-bond acceptors (Lipinski definition) is 5. The van der Waals surface area contributed by atoms with E-state index in [1.165, 1.54) is 12.1 Å². The second-order valence-corrected chi connectivity index (χ2v) is 9.87. The van der Waals surface area contributed by atoms with Crippen LogP contribution in [0.2, 0.25) is 0 Å². The van der Waals surface area contributed by atoms with Crippen molar-refractivity contribution in [1.29, 1.82) is 0 Å². The van der Waals surface area contributed by atoms with Gasteiger partial charge in [0.15, 0.2) is 0 Å². The van der Waals surface area contributed by atoms with Crippen molar-refractivity contribution in [2.75, 3.05) is 29.9 Å². The van der Waals surface area contributed by atoms with Crippen LogP contribution in [0.25, 0.3) is 0 Å². The molecule has 3 aromatic rings. The molecule has 200 valence electrons. The summed E-state index contributed by atoms with van der Waals surface area (Å²) in [5, 5.41) is 15.8. The zero-order valence-corrected chi connectivity index (χ0v) is 21.9. The van der Waals surface area contributed by atoms with Gasteiger partial charge in [-0.05, 0) is 85.2 Å². The summed E-state index contributed by atoms with van der Waals surface area (Å²) in [6.45, 7) is 6.31. The number of pyridine rings is 1. The van der Waals surface area contributed by atoms with Crippen LogP contribution < -0.4 is 15.5 Å². The molecule has 0 saturated carbocycles. The lowest BCUT2D eigenvalue weighted by Crippen LogP contribution is -2.42. The number of aliphatic carboxylic acids is 1. The highest BCUT2D eigenvalue weighted by Crippen LogP contribution is 2.24. The molecular weight excluding hydrogens is 483 g/mol. The highest BCUT2D eigenvalue weighted by Gasteiger charge is 2.24. The number of benzene rings is 2. The minimum atomic E-state index is -1.11. The second-order valence-electron chi connectivity index (χ2n) is 9.87. The van der Waals surface area contributed by atoms with Crippen LogP contribution in [0.1, 0.15) is 46.8 Å². The van der Waals surface area contributed by atoms with Gasteiger partial charge >= 0.3 is 5.97 Å². The number of aromatic nitrogens is 1. The van der Waals surface area contributed by atoms with E-state index in [4.69, 9.17) is 0 Å².